The zero-order valence-electron chi connectivity index (χ0n) is 40.3. The Balaban J connectivity index is 0.000000212. The molecule has 338 valence electrons. The second-order valence-electron chi connectivity index (χ2n) is 16.9. The molecule has 0 saturated carbocycles. The molecule has 1 aliphatic heterocycles. The minimum absolute atomic E-state index is 0. The van der Waals surface area contributed by atoms with Gasteiger partial charge in [0.25, 0.3) is 0 Å². The minimum Gasteiger partial charge on any atom is -0.679 e. The number of rotatable bonds is 11. The molecule has 0 spiro atoms. The van der Waals surface area contributed by atoms with Gasteiger partial charge in [-0.05, 0) is 130 Å². The van der Waals surface area contributed by atoms with Crippen molar-refractivity contribution in [2.24, 2.45) is 0 Å². The van der Waals surface area contributed by atoms with Gasteiger partial charge in [0.05, 0.1) is 39.4 Å². The van der Waals surface area contributed by atoms with Crippen molar-refractivity contribution in [1.82, 2.24) is 24.9 Å². The zero-order chi connectivity index (χ0) is 46.6. The molecule has 8 rings (SSSR count). The van der Waals surface area contributed by atoms with Gasteiger partial charge in [0, 0.05) is 44.6 Å². The third kappa shape index (κ3) is 16.6. The van der Waals surface area contributed by atoms with E-state index in [1.54, 1.807) is 31.0 Å². The summed E-state index contributed by atoms with van der Waals surface area (Å²) in [5.74, 6) is 0. The van der Waals surface area contributed by atoms with E-state index in [2.05, 4.69) is 136 Å². The average Bonchev–Trinajstić information content (AvgIpc) is 3.32. The maximum Gasteiger partial charge on any atom is 2.00 e. The van der Waals surface area contributed by atoms with E-state index >= 15 is 0 Å². The summed E-state index contributed by atoms with van der Waals surface area (Å²) in [6, 6.07) is 42.8. The second kappa shape index (κ2) is 28.1. The van der Waals surface area contributed by atoms with E-state index in [1.165, 1.54) is 33.1 Å². The first-order chi connectivity index (χ1) is 31.4. The number of hydrogen-bond acceptors (Lipinski definition) is 5. The predicted molar refractivity (Wildman–Crippen MR) is 285 cm³/mol. The third-order valence-electron chi connectivity index (χ3n) is 10.3. The summed E-state index contributed by atoms with van der Waals surface area (Å²) in [6.45, 7) is 24.2. The summed E-state index contributed by atoms with van der Waals surface area (Å²) in [4.78, 5) is 21.0. The maximum atomic E-state index is 5.34. The van der Waals surface area contributed by atoms with Crippen LogP contribution in [0.25, 0.3) is 39.1 Å². The van der Waals surface area contributed by atoms with Crippen molar-refractivity contribution >= 4 is 43.5 Å². The number of nitrogens with zero attached hydrogens (tertiary/aromatic N) is 7. The molecule has 66 heavy (non-hydrogen) atoms. The third-order valence-corrected chi connectivity index (χ3v) is 17.0. The smallest absolute Gasteiger partial charge is 0.679 e. The number of benzene rings is 2. The topological polar surface area (TPSA) is 92.7 Å². The van der Waals surface area contributed by atoms with Crippen LogP contribution >= 0.6 is 15.8 Å². The maximum absolute atomic E-state index is 5.34. The quantitative estimate of drug-likeness (QED) is 0.0951. The van der Waals surface area contributed by atoms with Gasteiger partial charge in [-0.15, -0.1) is 24.0 Å². The molecule has 6 heterocycles. The SMILES string of the molecule is C1=CC[N-]C(c2ccccn2)=C1.Cc1ccc([N-]c2ccc(C)cc2[PH+](C(C)C)C(C)C)c(P(C(C)C)C(C)C)c1.[Ti+2].c1ccc(-c2ccccn2)nc1.c1ccc(-c2ccccn2)nc1. The number of aromatic nitrogens is 5. The van der Waals surface area contributed by atoms with E-state index in [1.807, 2.05) is 109 Å². The zero-order valence-corrected chi connectivity index (χ0v) is 43.8. The van der Waals surface area contributed by atoms with Crippen LogP contribution in [0.15, 0.2) is 177 Å². The molecule has 0 amide bonds. The molecule has 7 nitrogen and oxygen atoms in total. The fourth-order valence-corrected chi connectivity index (χ4v) is 14.1. The Kier molecular flexibility index (Phi) is 22.8. The first-order valence-corrected chi connectivity index (χ1v) is 25.7. The molecule has 0 aliphatic carbocycles. The van der Waals surface area contributed by atoms with Crippen molar-refractivity contribution in [2.75, 3.05) is 6.54 Å². The van der Waals surface area contributed by atoms with Crippen molar-refractivity contribution in [2.45, 2.75) is 91.9 Å². The summed E-state index contributed by atoms with van der Waals surface area (Å²) in [6.07, 6.45) is 14.9. The Morgan fingerprint density at radius 3 is 1.29 bits per heavy atom. The second-order valence-corrected chi connectivity index (χ2v) is 24.0. The fourth-order valence-electron chi connectivity index (χ4n) is 7.65. The van der Waals surface area contributed by atoms with Crippen molar-refractivity contribution in [3.63, 3.8) is 0 Å². The first kappa shape index (κ1) is 53.5. The largest absolute Gasteiger partial charge is 2.00 e. The summed E-state index contributed by atoms with van der Waals surface area (Å²) < 4.78 is 0. The standard InChI is InChI=1S/C26H40NP2.C10H9N2.2C10H8N2.Ti/c1-17(2)28(18(3)4)25-15-21(9)11-13-23(25)27-24-14-12-22(10)16-26(24)29(19(5)6)20(7)8;3*1-3-7-11-9(5-1)10-6-2-4-8-12-10;/h11-20H,1-10H3;1-7H,8H2;2*1-8H;/q2*-1;;;+2/p+1. The number of hydrogen-bond donors (Lipinski definition) is 0. The van der Waals surface area contributed by atoms with Gasteiger partial charge >= 0.3 is 21.7 Å². The Hall–Kier alpha value is -5.16. The van der Waals surface area contributed by atoms with Gasteiger partial charge in [0.15, 0.2) is 0 Å². The van der Waals surface area contributed by atoms with Crippen LogP contribution in [-0.2, 0) is 21.7 Å². The van der Waals surface area contributed by atoms with Crippen molar-refractivity contribution in [3.8, 4) is 22.8 Å². The average molecular weight is 947 g/mol. The van der Waals surface area contributed by atoms with Gasteiger partial charge in [-0.25, -0.2) is 0 Å². The van der Waals surface area contributed by atoms with E-state index in [9.17, 15) is 0 Å². The van der Waals surface area contributed by atoms with E-state index in [-0.39, 0.29) is 29.6 Å². The molecular weight excluding hydrogens is 880 g/mol. The van der Waals surface area contributed by atoms with Gasteiger partial charge in [-0.3, -0.25) is 24.9 Å². The van der Waals surface area contributed by atoms with Gasteiger partial charge < -0.3 is 10.6 Å². The van der Waals surface area contributed by atoms with Crippen molar-refractivity contribution in [1.29, 1.82) is 0 Å². The Morgan fingerprint density at radius 2 is 0.924 bits per heavy atom. The van der Waals surface area contributed by atoms with Crippen LogP contribution < -0.4 is 10.6 Å². The molecule has 0 saturated heterocycles. The summed E-state index contributed by atoms with van der Waals surface area (Å²) in [5.41, 5.74) is 13.3. The van der Waals surface area contributed by atoms with Crippen LogP contribution in [0.2, 0.25) is 0 Å². The molecule has 0 atom stereocenters. The predicted octanol–water partition coefficient (Wildman–Crippen LogP) is 14.9. The molecule has 2 aromatic carbocycles. The van der Waals surface area contributed by atoms with Crippen LogP contribution in [-0.4, -0.2) is 54.1 Å². The van der Waals surface area contributed by atoms with Crippen molar-refractivity contribution in [3.05, 3.63) is 204 Å². The van der Waals surface area contributed by atoms with Gasteiger partial charge in [0.1, 0.15) is 0 Å². The van der Waals surface area contributed by atoms with E-state index < -0.39 is 7.92 Å². The molecule has 0 fully saturated rings. The van der Waals surface area contributed by atoms with Gasteiger partial charge in [-0.2, -0.15) is 0 Å². The number of pyridine rings is 5. The van der Waals surface area contributed by atoms with Crippen LogP contribution in [0.5, 0.6) is 0 Å². The first-order valence-electron chi connectivity index (χ1n) is 22.6. The van der Waals surface area contributed by atoms with Crippen LogP contribution in [0.1, 0.15) is 72.2 Å². The summed E-state index contributed by atoms with van der Waals surface area (Å²) >= 11 is 0. The number of aryl methyl sites for hydroxylation is 2. The van der Waals surface area contributed by atoms with Crippen LogP contribution in [0.3, 0.4) is 0 Å². The molecule has 5 aromatic heterocycles. The van der Waals surface area contributed by atoms with E-state index in [4.69, 9.17) is 5.32 Å². The molecular formula is C56H66N7P2Ti+. The molecule has 0 bridgehead atoms. The molecule has 10 heteroatoms. The normalized spacial score (nSPS) is 11.7. The van der Waals surface area contributed by atoms with E-state index in [0.29, 0.717) is 22.6 Å². The van der Waals surface area contributed by atoms with Gasteiger partial charge in [0.2, 0.25) is 0 Å². The Labute approximate surface area is 413 Å². The Morgan fingerprint density at radius 1 is 0.515 bits per heavy atom. The molecule has 7 aromatic rings. The molecule has 0 radical (unpaired) electrons. The van der Waals surface area contributed by atoms with Gasteiger partial charge in [-0.1, -0.05) is 120 Å². The van der Waals surface area contributed by atoms with E-state index in [0.717, 1.165) is 40.7 Å². The van der Waals surface area contributed by atoms with Crippen LogP contribution in [0, 0.1) is 13.8 Å². The Bertz CT molecular complexity index is 2270. The summed E-state index contributed by atoms with van der Waals surface area (Å²) in [5, 5.41) is 12.6. The minimum atomic E-state index is -0.688. The molecule has 0 unspecified atom stereocenters. The monoisotopic (exact) mass is 946 g/mol. The summed E-state index contributed by atoms with van der Waals surface area (Å²) in [7, 11) is -0.937. The number of allylic oxidation sites excluding steroid dienone is 2. The fraction of sp³-hybridized carbons (Fsp3) is 0.268. The molecule has 0 N–H and O–H groups in total. The molecule has 1 aliphatic rings. The van der Waals surface area contributed by atoms with Crippen LogP contribution in [0.4, 0.5) is 11.4 Å². The van der Waals surface area contributed by atoms with Crippen molar-refractivity contribution < 1.29 is 21.7 Å².